The number of nitrogens with zero attached hydrogens (tertiary/aromatic N) is 1. The van der Waals surface area contributed by atoms with Crippen LogP contribution in [0.2, 0.25) is 0 Å². The van der Waals surface area contributed by atoms with Gasteiger partial charge in [-0.1, -0.05) is 6.92 Å². The van der Waals surface area contributed by atoms with Crippen LogP contribution in [0.25, 0.3) is 0 Å². The Bertz CT molecular complexity index is 513. The molecule has 1 unspecified atom stereocenters. The minimum atomic E-state index is 0.269. The van der Waals surface area contributed by atoms with Gasteiger partial charge in [-0.2, -0.15) is 0 Å². The van der Waals surface area contributed by atoms with Crippen molar-refractivity contribution in [3.63, 3.8) is 0 Å². The Morgan fingerprint density at radius 2 is 2.32 bits per heavy atom. The van der Waals surface area contributed by atoms with E-state index < -0.39 is 0 Å². The number of anilines is 1. The van der Waals surface area contributed by atoms with Gasteiger partial charge in [0, 0.05) is 23.8 Å². The fourth-order valence-electron chi connectivity index (χ4n) is 1.91. The molecule has 0 fully saturated rings. The summed E-state index contributed by atoms with van der Waals surface area (Å²) in [7, 11) is 1.66. The van der Waals surface area contributed by atoms with Crippen LogP contribution in [0.3, 0.4) is 0 Å². The lowest BCUT2D eigenvalue weighted by Crippen LogP contribution is -2.20. The third-order valence-electron chi connectivity index (χ3n) is 3.05. The molecular weight excluding hydrogens is 258 g/mol. The Hall–Kier alpha value is -1.59. The smallest absolute Gasteiger partial charge is 0.119 e. The molecule has 0 amide bonds. The second-order valence-corrected chi connectivity index (χ2v) is 5.20. The maximum Gasteiger partial charge on any atom is 0.119 e. The van der Waals surface area contributed by atoms with Gasteiger partial charge in [0.2, 0.25) is 0 Å². The third-order valence-corrected chi connectivity index (χ3v) is 3.94. The second-order valence-electron chi connectivity index (χ2n) is 4.28. The average molecular weight is 277 g/mol. The SMILES string of the molecule is CCC(NCc1cc(OC)ccc1N)c1nccs1. The van der Waals surface area contributed by atoms with Crippen molar-refractivity contribution in [3.8, 4) is 5.75 Å². The summed E-state index contributed by atoms with van der Waals surface area (Å²) in [6.07, 6.45) is 2.83. The number of nitrogens with two attached hydrogens (primary N) is 1. The summed E-state index contributed by atoms with van der Waals surface area (Å²) in [5, 5.41) is 6.61. The number of aromatic nitrogens is 1. The first-order chi connectivity index (χ1) is 9.24. The summed E-state index contributed by atoms with van der Waals surface area (Å²) in [6.45, 7) is 2.86. The van der Waals surface area contributed by atoms with Crippen LogP contribution in [0, 0.1) is 0 Å². The van der Waals surface area contributed by atoms with Crippen LogP contribution < -0.4 is 15.8 Å². The topological polar surface area (TPSA) is 60.2 Å². The maximum atomic E-state index is 5.98. The number of hydrogen-bond acceptors (Lipinski definition) is 5. The number of methoxy groups -OCH3 is 1. The fraction of sp³-hybridized carbons (Fsp3) is 0.357. The van der Waals surface area contributed by atoms with Gasteiger partial charge in [-0.3, -0.25) is 0 Å². The first-order valence-electron chi connectivity index (χ1n) is 6.29. The molecule has 0 spiro atoms. The minimum absolute atomic E-state index is 0.269. The zero-order chi connectivity index (χ0) is 13.7. The zero-order valence-corrected chi connectivity index (χ0v) is 12.0. The predicted molar refractivity (Wildman–Crippen MR) is 79.4 cm³/mol. The van der Waals surface area contributed by atoms with Crippen LogP contribution >= 0.6 is 11.3 Å². The first kappa shape index (κ1) is 13.8. The van der Waals surface area contributed by atoms with Crippen molar-refractivity contribution in [1.29, 1.82) is 0 Å². The summed E-state index contributed by atoms with van der Waals surface area (Å²) >= 11 is 1.67. The van der Waals surface area contributed by atoms with Crippen LogP contribution in [0.1, 0.15) is 30.0 Å². The highest BCUT2D eigenvalue weighted by Crippen LogP contribution is 2.22. The number of nitrogen functional groups attached to an aromatic ring is 1. The number of hydrogen-bond donors (Lipinski definition) is 2. The van der Waals surface area contributed by atoms with Gasteiger partial charge >= 0.3 is 0 Å². The zero-order valence-electron chi connectivity index (χ0n) is 11.2. The van der Waals surface area contributed by atoms with Gasteiger partial charge in [0.15, 0.2) is 0 Å². The minimum Gasteiger partial charge on any atom is -0.497 e. The molecule has 102 valence electrons. The van der Waals surface area contributed by atoms with E-state index in [1.807, 2.05) is 29.8 Å². The number of ether oxygens (including phenoxy) is 1. The molecule has 1 aromatic heterocycles. The molecule has 0 aliphatic heterocycles. The Kier molecular flexibility index (Phi) is 4.76. The van der Waals surface area contributed by atoms with Crippen molar-refractivity contribution in [2.24, 2.45) is 0 Å². The lowest BCUT2D eigenvalue weighted by molar-refractivity contribution is 0.413. The van der Waals surface area contributed by atoms with Crippen LogP contribution in [-0.2, 0) is 6.54 Å². The van der Waals surface area contributed by atoms with Crippen molar-refractivity contribution >= 4 is 17.0 Å². The highest BCUT2D eigenvalue weighted by molar-refractivity contribution is 7.09. The van der Waals surface area contributed by atoms with Crippen LogP contribution in [0.15, 0.2) is 29.8 Å². The van der Waals surface area contributed by atoms with E-state index >= 15 is 0 Å². The molecule has 0 saturated carbocycles. The molecule has 0 bridgehead atoms. The van der Waals surface area contributed by atoms with Crippen LogP contribution in [-0.4, -0.2) is 12.1 Å². The lowest BCUT2D eigenvalue weighted by atomic mass is 10.1. The Labute approximate surface area is 117 Å². The number of benzene rings is 1. The predicted octanol–water partition coefficient (Wildman–Crippen LogP) is 2.97. The monoisotopic (exact) mass is 277 g/mol. The number of nitrogens with one attached hydrogen (secondary N) is 1. The lowest BCUT2D eigenvalue weighted by Gasteiger charge is -2.16. The Morgan fingerprint density at radius 3 is 2.95 bits per heavy atom. The molecule has 4 nitrogen and oxygen atoms in total. The van der Waals surface area contributed by atoms with E-state index in [9.17, 15) is 0 Å². The van der Waals surface area contributed by atoms with Gasteiger partial charge in [-0.25, -0.2) is 4.98 Å². The summed E-state index contributed by atoms with van der Waals surface area (Å²) < 4.78 is 5.22. The van der Waals surface area contributed by atoms with Gasteiger partial charge in [0.25, 0.3) is 0 Å². The Morgan fingerprint density at radius 1 is 1.47 bits per heavy atom. The third kappa shape index (κ3) is 3.45. The standard InChI is InChI=1S/C14H19N3OS/c1-3-13(14-16-6-7-19-14)17-9-10-8-11(18-2)4-5-12(10)15/h4-8,13,17H,3,9,15H2,1-2H3. The van der Waals surface area contributed by atoms with Gasteiger partial charge in [0.05, 0.1) is 13.2 Å². The van der Waals surface area contributed by atoms with E-state index in [0.29, 0.717) is 6.54 Å². The van der Waals surface area contributed by atoms with Gasteiger partial charge < -0.3 is 15.8 Å². The van der Waals surface area contributed by atoms with Gasteiger partial charge in [-0.05, 0) is 30.2 Å². The van der Waals surface area contributed by atoms with Crippen LogP contribution in [0.4, 0.5) is 5.69 Å². The van der Waals surface area contributed by atoms with E-state index in [-0.39, 0.29) is 6.04 Å². The summed E-state index contributed by atoms with van der Waals surface area (Å²) in [5.41, 5.74) is 7.81. The average Bonchev–Trinajstić information content (AvgIpc) is 2.95. The molecule has 1 heterocycles. The normalized spacial score (nSPS) is 12.3. The molecule has 2 aromatic rings. The van der Waals surface area contributed by atoms with E-state index in [0.717, 1.165) is 28.4 Å². The van der Waals surface area contributed by atoms with E-state index in [1.54, 1.807) is 18.4 Å². The van der Waals surface area contributed by atoms with Gasteiger partial charge in [0.1, 0.15) is 10.8 Å². The molecular formula is C14H19N3OS. The summed E-state index contributed by atoms with van der Waals surface area (Å²) in [4.78, 5) is 4.36. The quantitative estimate of drug-likeness (QED) is 0.797. The van der Waals surface area contributed by atoms with E-state index in [1.165, 1.54) is 0 Å². The second kappa shape index (κ2) is 6.54. The molecule has 5 heteroatoms. The van der Waals surface area contributed by atoms with E-state index in [4.69, 9.17) is 10.5 Å². The molecule has 1 atom stereocenters. The molecule has 0 aliphatic rings. The first-order valence-corrected chi connectivity index (χ1v) is 7.17. The summed E-state index contributed by atoms with van der Waals surface area (Å²) in [6, 6.07) is 5.99. The molecule has 0 radical (unpaired) electrons. The Balaban J connectivity index is 2.05. The van der Waals surface area contributed by atoms with Crippen molar-refractivity contribution in [2.45, 2.75) is 25.9 Å². The maximum absolute atomic E-state index is 5.98. The van der Waals surface area contributed by atoms with Crippen molar-refractivity contribution in [2.75, 3.05) is 12.8 Å². The summed E-state index contributed by atoms with van der Waals surface area (Å²) in [5.74, 6) is 0.827. The van der Waals surface area contributed by atoms with Crippen LogP contribution in [0.5, 0.6) is 5.75 Å². The molecule has 2 rings (SSSR count). The molecule has 0 aliphatic carbocycles. The molecule has 0 saturated heterocycles. The highest BCUT2D eigenvalue weighted by atomic mass is 32.1. The fourth-order valence-corrected chi connectivity index (χ4v) is 2.71. The molecule has 3 N–H and O–H groups in total. The molecule has 19 heavy (non-hydrogen) atoms. The van der Waals surface area contributed by atoms with Gasteiger partial charge in [-0.15, -0.1) is 11.3 Å². The van der Waals surface area contributed by atoms with Crippen molar-refractivity contribution in [3.05, 3.63) is 40.3 Å². The largest absolute Gasteiger partial charge is 0.497 e. The van der Waals surface area contributed by atoms with E-state index in [2.05, 4.69) is 17.2 Å². The highest BCUT2D eigenvalue weighted by Gasteiger charge is 2.12. The molecule has 1 aromatic carbocycles. The van der Waals surface area contributed by atoms with Crippen molar-refractivity contribution in [1.82, 2.24) is 10.3 Å². The number of thiazole rings is 1. The number of rotatable bonds is 6. The van der Waals surface area contributed by atoms with Crippen molar-refractivity contribution < 1.29 is 4.74 Å².